The molecule has 0 aliphatic heterocycles. The van der Waals surface area contributed by atoms with Crippen LogP contribution < -0.4 is 0 Å². The smallest absolute Gasteiger partial charge is 0.331 e. The van der Waals surface area contributed by atoms with Crippen LogP contribution in [-0.4, -0.2) is 11.1 Å². The number of carboxylic acids is 1. The maximum absolute atomic E-state index is 9.91. The molecule has 15 heavy (non-hydrogen) atoms. The van der Waals surface area contributed by atoms with Crippen molar-refractivity contribution in [3.8, 4) is 0 Å². The summed E-state index contributed by atoms with van der Waals surface area (Å²) in [4.78, 5) is 9.91. The molecule has 0 fully saturated rings. The van der Waals surface area contributed by atoms with Crippen LogP contribution >= 0.6 is 0 Å². The fourth-order valence-electron chi connectivity index (χ4n) is 1.07. The van der Waals surface area contributed by atoms with Gasteiger partial charge in [-0.25, -0.2) is 4.79 Å². The lowest BCUT2D eigenvalue weighted by atomic mass is 10.00. The minimum atomic E-state index is -0.758. The zero-order chi connectivity index (χ0) is 11.1. The lowest BCUT2D eigenvalue weighted by Crippen LogP contribution is -2.05. The first kappa shape index (κ1) is 11.2. The van der Waals surface area contributed by atoms with Gasteiger partial charge in [-0.05, 0) is 18.4 Å². The van der Waals surface area contributed by atoms with Crippen LogP contribution in [0.3, 0.4) is 0 Å². The van der Waals surface area contributed by atoms with E-state index in [0.717, 1.165) is 12.8 Å². The Kier molecular flexibility index (Phi) is 4.35. The van der Waals surface area contributed by atoms with Crippen molar-refractivity contribution in [2.45, 2.75) is 12.8 Å². The van der Waals surface area contributed by atoms with E-state index in [0.29, 0.717) is 5.57 Å². The minimum absolute atomic E-state index is 0.569. The summed E-state index contributed by atoms with van der Waals surface area (Å²) in [6.07, 6.45) is 5.28. The Morgan fingerprint density at radius 1 is 1.33 bits per heavy atom. The highest BCUT2D eigenvalue weighted by atomic mass is 16.4. The molecule has 1 aromatic rings. The molecule has 1 N–H and O–H groups in total. The summed E-state index contributed by atoms with van der Waals surface area (Å²) in [5.74, 6) is -0.758. The number of rotatable bonds is 2. The van der Waals surface area contributed by atoms with E-state index < -0.39 is 5.97 Å². The molecule has 0 radical (unpaired) electrons. The molecule has 1 aliphatic rings. The van der Waals surface area contributed by atoms with E-state index in [4.69, 9.17) is 5.11 Å². The normalized spacial score (nSPS) is 12.7. The number of hydrogen-bond acceptors (Lipinski definition) is 1. The van der Waals surface area contributed by atoms with Crippen molar-refractivity contribution >= 4 is 12.0 Å². The van der Waals surface area contributed by atoms with Gasteiger partial charge in [0.25, 0.3) is 0 Å². The molecule has 0 unspecified atom stereocenters. The highest BCUT2D eigenvalue weighted by Crippen LogP contribution is 2.16. The molecule has 2 rings (SSSR count). The first-order valence-electron chi connectivity index (χ1n) is 4.84. The zero-order valence-corrected chi connectivity index (χ0v) is 8.52. The molecule has 78 valence electrons. The van der Waals surface area contributed by atoms with E-state index in [1.807, 2.05) is 36.4 Å². The first-order chi connectivity index (χ1) is 7.24. The SMILES string of the molecule is C=Cc1ccccc1.O=C(O)C1=CCC1. The topological polar surface area (TPSA) is 37.3 Å². The summed E-state index contributed by atoms with van der Waals surface area (Å²) in [5, 5.41) is 8.16. The summed E-state index contributed by atoms with van der Waals surface area (Å²) in [5.41, 5.74) is 1.74. The molecule has 0 spiro atoms. The summed E-state index contributed by atoms with van der Waals surface area (Å²) >= 11 is 0. The number of aliphatic carboxylic acids is 1. The van der Waals surface area contributed by atoms with Gasteiger partial charge < -0.3 is 5.11 Å². The standard InChI is InChI=1S/C8H8.C5H6O2/c1-2-8-6-4-3-5-7-8;6-5(7)4-2-1-3-4/h2-7H,1H2;2H,1,3H2,(H,6,7). The minimum Gasteiger partial charge on any atom is -0.478 e. The quantitative estimate of drug-likeness (QED) is 0.800. The molecule has 0 heterocycles. The monoisotopic (exact) mass is 202 g/mol. The van der Waals surface area contributed by atoms with Gasteiger partial charge in [0, 0.05) is 5.57 Å². The lowest BCUT2D eigenvalue weighted by Gasteiger charge is -2.06. The van der Waals surface area contributed by atoms with Crippen LogP contribution in [0.5, 0.6) is 0 Å². The molecule has 0 bridgehead atoms. The van der Waals surface area contributed by atoms with Gasteiger partial charge in [-0.2, -0.15) is 0 Å². The largest absolute Gasteiger partial charge is 0.478 e. The predicted octanol–water partition coefficient (Wildman–Crippen LogP) is 3.12. The number of hydrogen-bond donors (Lipinski definition) is 1. The van der Waals surface area contributed by atoms with Crippen molar-refractivity contribution in [2.24, 2.45) is 0 Å². The first-order valence-corrected chi connectivity index (χ1v) is 4.84. The van der Waals surface area contributed by atoms with Crippen molar-refractivity contribution < 1.29 is 9.90 Å². The van der Waals surface area contributed by atoms with Crippen molar-refractivity contribution in [1.29, 1.82) is 0 Å². The third-order valence-electron chi connectivity index (χ3n) is 2.11. The van der Waals surface area contributed by atoms with Gasteiger partial charge in [0.05, 0.1) is 0 Å². The van der Waals surface area contributed by atoms with E-state index in [9.17, 15) is 4.79 Å². The highest BCUT2D eigenvalue weighted by Gasteiger charge is 2.11. The van der Waals surface area contributed by atoms with Crippen LogP contribution in [0.2, 0.25) is 0 Å². The van der Waals surface area contributed by atoms with Crippen LogP contribution in [0.1, 0.15) is 18.4 Å². The van der Waals surface area contributed by atoms with Crippen molar-refractivity contribution in [1.82, 2.24) is 0 Å². The molecule has 0 saturated heterocycles. The second-order valence-corrected chi connectivity index (χ2v) is 3.19. The van der Waals surface area contributed by atoms with E-state index >= 15 is 0 Å². The summed E-state index contributed by atoms with van der Waals surface area (Å²) in [7, 11) is 0. The second kappa shape index (κ2) is 5.81. The molecule has 0 atom stereocenters. The Morgan fingerprint density at radius 2 is 1.93 bits per heavy atom. The third-order valence-corrected chi connectivity index (χ3v) is 2.11. The fraction of sp³-hybridized carbons (Fsp3) is 0.154. The second-order valence-electron chi connectivity index (χ2n) is 3.19. The van der Waals surface area contributed by atoms with E-state index in [1.165, 1.54) is 5.56 Å². The van der Waals surface area contributed by atoms with Crippen LogP contribution in [0, 0.1) is 0 Å². The molecular formula is C13H14O2. The zero-order valence-electron chi connectivity index (χ0n) is 8.52. The number of allylic oxidation sites excluding steroid dienone is 1. The van der Waals surface area contributed by atoms with Crippen molar-refractivity contribution in [3.05, 3.63) is 54.1 Å². The Morgan fingerprint density at radius 3 is 2.13 bits per heavy atom. The molecule has 1 aliphatic carbocycles. The van der Waals surface area contributed by atoms with Gasteiger partial charge in [-0.15, -0.1) is 0 Å². The van der Waals surface area contributed by atoms with Crippen LogP contribution in [0.25, 0.3) is 6.08 Å². The predicted molar refractivity (Wildman–Crippen MR) is 61.5 cm³/mol. The lowest BCUT2D eigenvalue weighted by molar-refractivity contribution is -0.133. The van der Waals surface area contributed by atoms with Gasteiger partial charge in [0.15, 0.2) is 0 Å². The van der Waals surface area contributed by atoms with E-state index in [2.05, 4.69) is 6.58 Å². The Hall–Kier alpha value is -1.83. The van der Waals surface area contributed by atoms with Crippen molar-refractivity contribution in [2.75, 3.05) is 0 Å². The molecule has 0 amide bonds. The molecule has 0 saturated carbocycles. The van der Waals surface area contributed by atoms with Gasteiger partial charge in [-0.3, -0.25) is 0 Å². The fourth-order valence-corrected chi connectivity index (χ4v) is 1.07. The van der Waals surface area contributed by atoms with Gasteiger partial charge in [0.1, 0.15) is 0 Å². The average Bonchev–Trinajstić information content (AvgIpc) is 2.16. The van der Waals surface area contributed by atoms with Gasteiger partial charge in [-0.1, -0.05) is 49.1 Å². The van der Waals surface area contributed by atoms with Crippen LogP contribution in [0.15, 0.2) is 48.6 Å². The Balaban J connectivity index is 0.000000151. The number of benzene rings is 1. The number of carboxylic acid groups (broad SMARTS) is 1. The summed E-state index contributed by atoms with van der Waals surface area (Å²) in [6, 6.07) is 10.0. The maximum atomic E-state index is 9.91. The molecule has 0 aromatic heterocycles. The summed E-state index contributed by atoms with van der Waals surface area (Å²) in [6.45, 7) is 3.63. The van der Waals surface area contributed by atoms with Crippen LogP contribution in [0.4, 0.5) is 0 Å². The number of carbonyl (C=O) groups is 1. The maximum Gasteiger partial charge on any atom is 0.331 e. The van der Waals surface area contributed by atoms with E-state index in [-0.39, 0.29) is 0 Å². The highest BCUT2D eigenvalue weighted by molar-refractivity contribution is 5.87. The van der Waals surface area contributed by atoms with E-state index in [1.54, 1.807) is 6.08 Å². The molecule has 2 nitrogen and oxygen atoms in total. The van der Waals surface area contributed by atoms with Gasteiger partial charge in [0.2, 0.25) is 0 Å². The average molecular weight is 202 g/mol. The Labute approximate surface area is 89.6 Å². The molecule has 2 heteroatoms. The summed E-state index contributed by atoms with van der Waals surface area (Å²) < 4.78 is 0. The van der Waals surface area contributed by atoms with Crippen LogP contribution in [-0.2, 0) is 4.79 Å². The van der Waals surface area contributed by atoms with Gasteiger partial charge >= 0.3 is 5.97 Å². The molecule has 1 aromatic carbocycles. The van der Waals surface area contributed by atoms with Crippen molar-refractivity contribution in [3.63, 3.8) is 0 Å². The molecular weight excluding hydrogens is 188 g/mol. The Bertz CT molecular complexity index is 363. The third kappa shape index (κ3) is 3.81.